The largest absolute Gasteiger partial charge is 0.397 e. The Morgan fingerprint density at radius 3 is 2.69 bits per heavy atom. The standard InChI is InChI=1S/C13H22N2O/c1-5-15(11(3)9-16-4)12-8-6-7-10(2)13(12)14/h6-8,11H,5,9,14H2,1-4H3. The fraction of sp³-hybridized carbons (Fsp3) is 0.538. The molecule has 16 heavy (non-hydrogen) atoms. The second-order valence-corrected chi connectivity index (χ2v) is 4.10. The van der Waals surface area contributed by atoms with Crippen LogP contribution in [-0.2, 0) is 4.74 Å². The van der Waals surface area contributed by atoms with Crippen LogP contribution in [0, 0.1) is 6.92 Å². The van der Waals surface area contributed by atoms with Crippen molar-refractivity contribution in [3.8, 4) is 0 Å². The predicted octanol–water partition coefficient (Wildman–Crippen LogP) is 2.44. The molecule has 0 aliphatic heterocycles. The molecule has 1 atom stereocenters. The average molecular weight is 222 g/mol. The number of ether oxygens (including phenoxy) is 1. The van der Waals surface area contributed by atoms with Gasteiger partial charge >= 0.3 is 0 Å². The molecule has 2 N–H and O–H groups in total. The number of hydrogen-bond donors (Lipinski definition) is 1. The van der Waals surface area contributed by atoms with Crippen LogP contribution >= 0.6 is 0 Å². The van der Waals surface area contributed by atoms with Crippen molar-refractivity contribution in [3.05, 3.63) is 23.8 Å². The van der Waals surface area contributed by atoms with Crippen LogP contribution in [-0.4, -0.2) is 26.3 Å². The van der Waals surface area contributed by atoms with Crippen molar-refractivity contribution in [1.29, 1.82) is 0 Å². The molecule has 3 nitrogen and oxygen atoms in total. The maximum atomic E-state index is 6.11. The minimum absolute atomic E-state index is 0.332. The molecule has 1 unspecified atom stereocenters. The van der Waals surface area contributed by atoms with Gasteiger partial charge in [-0.25, -0.2) is 0 Å². The van der Waals surface area contributed by atoms with Gasteiger partial charge in [0.05, 0.1) is 18.0 Å². The molecule has 0 aromatic heterocycles. The van der Waals surface area contributed by atoms with Crippen molar-refractivity contribution in [2.24, 2.45) is 0 Å². The Morgan fingerprint density at radius 2 is 2.12 bits per heavy atom. The first-order valence-corrected chi connectivity index (χ1v) is 5.72. The fourth-order valence-corrected chi connectivity index (χ4v) is 1.97. The van der Waals surface area contributed by atoms with Gasteiger partial charge in [-0.1, -0.05) is 12.1 Å². The van der Waals surface area contributed by atoms with Crippen LogP contribution in [0.25, 0.3) is 0 Å². The summed E-state index contributed by atoms with van der Waals surface area (Å²) in [6.45, 7) is 7.95. The predicted molar refractivity (Wildman–Crippen MR) is 69.9 cm³/mol. The number of likely N-dealkylation sites (N-methyl/N-ethyl adjacent to an activating group) is 1. The zero-order valence-corrected chi connectivity index (χ0v) is 10.7. The van der Waals surface area contributed by atoms with E-state index in [1.807, 2.05) is 19.1 Å². The van der Waals surface area contributed by atoms with Crippen LogP contribution < -0.4 is 10.6 Å². The van der Waals surface area contributed by atoms with Gasteiger partial charge in [-0.15, -0.1) is 0 Å². The molecular formula is C13H22N2O. The van der Waals surface area contributed by atoms with Crippen molar-refractivity contribution in [1.82, 2.24) is 0 Å². The zero-order valence-electron chi connectivity index (χ0n) is 10.7. The van der Waals surface area contributed by atoms with Crippen molar-refractivity contribution in [3.63, 3.8) is 0 Å². The Bertz CT molecular complexity index is 339. The summed E-state index contributed by atoms with van der Waals surface area (Å²) in [7, 11) is 1.73. The molecule has 90 valence electrons. The van der Waals surface area contributed by atoms with Gasteiger partial charge in [0.25, 0.3) is 0 Å². The zero-order chi connectivity index (χ0) is 12.1. The molecule has 3 heteroatoms. The summed E-state index contributed by atoms with van der Waals surface area (Å²) in [5.41, 5.74) is 9.21. The quantitative estimate of drug-likeness (QED) is 0.778. The van der Waals surface area contributed by atoms with Crippen LogP contribution in [0.1, 0.15) is 19.4 Å². The number of benzene rings is 1. The molecule has 0 aliphatic rings. The van der Waals surface area contributed by atoms with E-state index in [1.54, 1.807) is 7.11 Å². The van der Waals surface area contributed by atoms with Gasteiger partial charge in [-0.2, -0.15) is 0 Å². The Labute approximate surface area is 98.2 Å². The molecule has 0 heterocycles. The number of nitrogens with zero attached hydrogens (tertiary/aromatic N) is 1. The number of nitrogen functional groups attached to an aromatic ring is 1. The first-order valence-electron chi connectivity index (χ1n) is 5.72. The Morgan fingerprint density at radius 1 is 1.44 bits per heavy atom. The van der Waals surface area contributed by atoms with Gasteiger partial charge in [0.2, 0.25) is 0 Å². The van der Waals surface area contributed by atoms with Crippen molar-refractivity contribution in [2.45, 2.75) is 26.8 Å². The minimum atomic E-state index is 0.332. The summed E-state index contributed by atoms with van der Waals surface area (Å²) in [5.74, 6) is 0. The molecule has 0 fully saturated rings. The second kappa shape index (κ2) is 5.75. The molecule has 0 bridgehead atoms. The normalized spacial score (nSPS) is 12.5. The first-order chi connectivity index (χ1) is 7.61. The van der Waals surface area contributed by atoms with E-state index >= 15 is 0 Å². The van der Waals surface area contributed by atoms with E-state index in [1.165, 1.54) is 0 Å². The van der Waals surface area contributed by atoms with Crippen LogP contribution in [0.5, 0.6) is 0 Å². The summed E-state index contributed by atoms with van der Waals surface area (Å²) >= 11 is 0. The van der Waals surface area contributed by atoms with Crippen LogP contribution in [0.2, 0.25) is 0 Å². The number of para-hydroxylation sites is 1. The summed E-state index contributed by atoms with van der Waals surface area (Å²) in [6.07, 6.45) is 0. The van der Waals surface area contributed by atoms with E-state index < -0.39 is 0 Å². The Balaban J connectivity index is 2.99. The van der Waals surface area contributed by atoms with Gasteiger partial charge in [-0.05, 0) is 32.4 Å². The molecule has 1 aromatic rings. The van der Waals surface area contributed by atoms with E-state index in [9.17, 15) is 0 Å². The molecule has 0 amide bonds. The molecular weight excluding hydrogens is 200 g/mol. The molecule has 1 rings (SSSR count). The number of rotatable bonds is 5. The van der Waals surface area contributed by atoms with E-state index in [0.29, 0.717) is 12.6 Å². The highest BCUT2D eigenvalue weighted by Crippen LogP contribution is 2.27. The Hall–Kier alpha value is -1.22. The lowest BCUT2D eigenvalue weighted by Crippen LogP contribution is -2.36. The molecule has 1 aromatic carbocycles. The van der Waals surface area contributed by atoms with Gasteiger partial charge in [0.15, 0.2) is 0 Å². The Kier molecular flexibility index (Phi) is 4.62. The van der Waals surface area contributed by atoms with Crippen molar-refractivity contribution < 1.29 is 4.74 Å². The number of hydrogen-bond acceptors (Lipinski definition) is 3. The number of methoxy groups -OCH3 is 1. The lowest BCUT2D eigenvalue weighted by atomic mass is 10.1. The minimum Gasteiger partial charge on any atom is -0.397 e. The maximum Gasteiger partial charge on any atom is 0.0663 e. The number of nitrogens with two attached hydrogens (primary N) is 1. The maximum absolute atomic E-state index is 6.11. The van der Waals surface area contributed by atoms with E-state index in [-0.39, 0.29) is 0 Å². The topological polar surface area (TPSA) is 38.5 Å². The van der Waals surface area contributed by atoms with Gasteiger partial charge in [-0.3, -0.25) is 0 Å². The number of anilines is 2. The van der Waals surface area contributed by atoms with Crippen LogP contribution in [0.3, 0.4) is 0 Å². The molecule has 0 aliphatic carbocycles. The van der Waals surface area contributed by atoms with Gasteiger partial charge in [0, 0.05) is 19.7 Å². The van der Waals surface area contributed by atoms with E-state index in [4.69, 9.17) is 10.5 Å². The fourth-order valence-electron chi connectivity index (χ4n) is 1.97. The lowest BCUT2D eigenvalue weighted by molar-refractivity contribution is 0.182. The van der Waals surface area contributed by atoms with E-state index in [0.717, 1.165) is 23.5 Å². The average Bonchev–Trinajstić information content (AvgIpc) is 2.25. The number of aryl methyl sites for hydroxylation is 1. The third kappa shape index (κ3) is 2.67. The van der Waals surface area contributed by atoms with Crippen molar-refractivity contribution >= 4 is 11.4 Å². The lowest BCUT2D eigenvalue weighted by Gasteiger charge is -2.31. The third-order valence-electron chi connectivity index (χ3n) is 2.89. The van der Waals surface area contributed by atoms with Gasteiger partial charge in [0.1, 0.15) is 0 Å². The van der Waals surface area contributed by atoms with Crippen molar-refractivity contribution in [2.75, 3.05) is 30.9 Å². The van der Waals surface area contributed by atoms with Gasteiger partial charge < -0.3 is 15.4 Å². The monoisotopic (exact) mass is 222 g/mol. The highest BCUT2D eigenvalue weighted by Gasteiger charge is 2.15. The van der Waals surface area contributed by atoms with E-state index in [2.05, 4.69) is 24.8 Å². The summed E-state index contributed by atoms with van der Waals surface area (Å²) in [5, 5.41) is 0. The second-order valence-electron chi connectivity index (χ2n) is 4.10. The van der Waals surface area contributed by atoms with Crippen LogP contribution in [0.4, 0.5) is 11.4 Å². The molecule has 0 radical (unpaired) electrons. The summed E-state index contributed by atoms with van der Waals surface area (Å²) in [4.78, 5) is 2.27. The molecule has 0 saturated carbocycles. The first kappa shape index (κ1) is 12.8. The van der Waals surface area contributed by atoms with Crippen LogP contribution in [0.15, 0.2) is 18.2 Å². The highest BCUT2D eigenvalue weighted by molar-refractivity contribution is 5.71. The summed E-state index contributed by atoms with van der Waals surface area (Å²) in [6, 6.07) is 6.48. The SMILES string of the molecule is CCN(c1cccc(C)c1N)C(C)COC. The molecule has 0 saturated heterocycles. The summed E-state index contributed by atoms with van der Waals surface area (Å²) < 4.78 is 5.20. The third-order valence-corrected chi connectivity index (χ3v) is 2.89. The molecule has 0 spiro atoms. The highest BCUT2D eigenvalue weighted by atomic mass is 16.5. The smallest absolute Gasteiger partial charge is 0.0663 e.